The number of amides is 2. The van der Waals surface area contributed by atoms with Gasteiger partial charge < -0.3 is 14.7 Å². The number of nitrogens with zero attached hydrogens (tertiary/aromatic N) is 3. The number of aromatic nitrogens is 2. The monoisotopic (exact) mass is 382 g/mol. The van der Waals surface area contributed by atoms with Gasteiger partial charge in [0.25, 0.3) is 0 Å². The van der Waals surface area contributed by atoms with Gasteiger partial charge in [0.2, 0.25) is 11.7 Å². The highest BCUT2D eigenvalue weighted by Gasteiger charge is 2.34. The van der Waals surface area contributed by atoms with Gasteiger partial charge in [0.1, 0.15) is 6.04 Å². The van der Waals surface area contributed by atoms with E-state index >= 15 is 0 Å². The van der Waals surface area contributed by atoms with Crippen LogP contribution in [0.1, 0.15) is 30.3 Å². The summed E-state index contributed by atoms with van der Waals surface area (Å²) in [6.45, 7) is 2.67. The van der Waals surface area contributed by atoms with Gasteiger partial charge in [-0.1, -0.05) is 52.7 Å². The van der Waals surface area contributed by atoms with Crippen LogP contribution in [0.2, 0.25) is 5.02 Å². The zero-order valence-electron chi connectivity index (χ0n) is 14.9. The lowest BCUT2D eigenvalue weighted by molar-refractivity contribution is 0.193. The van der Waals surface area contributed by atoms with E-state index in [1.807, 2.05) is 31.2 Å². The molecule has 1 fully saturated rings. The summed E-state index contributed by atoms with van der Waals surface area (Å²) < 4.78 is 5.48. The standard InChI is InChI=1S/C20H19ClN4O2/c1-13-7-9-14(10-8-13)18-23-19(27-24-18)17-6-3-11-25(17)20(26)22-16-5-2-4-15(21)12-16/h2,4-5,7-10,12,17H,3,6,11H2,1H3,(H,22,26)/t17-/m0/s1. The van der Waals surface area contributed by atoms with Crippen LogP contribution >= 0.6 is 11.6 Å². The summed E-state index contributed by atoms with van der Waals surface area (Å²) in [5.74, 6) is 0.997. The number of hydrogen-bond donors (Lipinski definition) is 1. The Hall–Kier alpha value is -2.86. The molecule has 27 heavy (non-hydrogen) atoms. The van der Waals surface area contributed by atoms with Crippen LogP contribution in [0.3, 0.4) is 0 Å². The molecule has 0 aliphatic carbocycles. The maximum Gasteiger partial charge on any atom is 0.322 e. The molecule has 0 saturated carbocycles. The SMILES string of the molecule is Cc1ccc(-c2noc([C@@H]3CCCN3C(=O)Nc3cccc(Cl)c3)n2)cc1. The van der Waals surface area contributed by atoms with Crippen LogP contribution in [0.15, 0.2) is 53.1 Å². The van der Waals surface area contributed by atoms with Crippen molar-refractivity contribution >= 4 is 23.3 Å². The van der Waals surface area contributed by atoms with E-state index in [0.717, 1.165) is 18.4 Å². The van der Waals surface area contributed by atoms with E-state index in [0.29, 0.717) is 29.0 Å². The van der Waals surface area contributed by atoms with Crippen LogP contribution < -0.4 is 5.32 Å². The van der Waals surface area contributed by atoms with Gasteiger partial charge in [-0.05, 0) is 38.0 Å². The molecule has 2 aromatic carbocycles. The summed E-state index contributed by atoms with van der Waals surface area (Å²) in [5, 5.41) is 7.54. The number of rotatable bonds is 3. The fourth-order valence-electron chi connectivity index (χ4n) is 3.22. The number of hydrogen-bond acceptors (Lipinski definition) is 4. The Labute approximate surface area is 162 Å². The van der Waals surface area contributed by atoms with Crippen LogP contribution in [0.25, 0.3) is 11.4 Å². The molecule has 138 valence electrons. The molecule has 1 aromatic heterocycles. The minimum Gasteiger partial charge on any atom is -0.337 e. The molecular formula is C20H19ClN4O2. The van der Waals surface area contributed by atoms with Crippen molar-refractivity contribution in [2.75, 3.05) is 11.9 Å². The molecule has 7 heteroatoms. The van der Waals surface area contributed by atoms with Gasteiger partial charge in [-0.3, -0.25) is 0 Å². The van der Waals surface area contributed by atoms with Crippen LogP contribution in [0, 0.1) is 6.92 Å². The van der Waals surface area contributed by atoms with Crippen LogP contribution in [0.4, 0.5) is 10.5 Å². The van der Waals surface area contributed by atoms with Gasteiger partial charge in [-0.2, -0.15) is 4.98 Å². The molecule has 1 N–H and O–H groups in total. The molecule has 0 spiro atoms. The largest absolute Gasteiger partial charge is 0.337 e. The summed E-state index contributed by atoms with van der Waals surface area (Å²) in [6, 6.07) is 14.6. The third-order valence-electron chi connectivity index (χ3n) is 4.63. The highest BCUT2D eigenvalue weighted by Crippen LogP contribution is 2.32. The van der Waals surface area contributed by atoms with Crippen molar-refractivity contribution in [3.8, 4) is 11.4 Å². The maximum absolute atomic E-state index is 12.7. The first-order valence-corrected chi connectivity index (χ1v) is 9.22. The van der Waals surface area contributed by atoms with Crippen LogP contribution in [-0.2, 0) is 0 Å². The third-order valence-corrected chi connectivity index (χ3v) is 4.86. The molecule has 4 rings (SSSR count). The van der Waals surface area contributed by atoms with Crippen molar-refractivity contribution in [3.63, 3.8) is 0 Å². The minimum absolute atomic E-state index is 0.199. The van der Waals surface area contributed by atoms with E-state index in [1.165, 1.54) is 5.56 Å². The fraction of sp³-hybridized carbons (Fsp3) is 0.250. The second-order valence-corrected chi connectivity index (χ2v) is 7.05. The van der Waals surface area contributed by atoms with Crippen molar-refractivity contribution in [1.29, 1.82) is 0 Å². The number of nitrogens with one attached hydrogen (secondary N) is 1. The Morgan fingerprint density at radius 1 is 1.26 bits per heavy atom. The van der Waals surface area contributed by atoms with E-state index < -0.39 is 0 Å². The number of urea groups is 1. The van der Waals surface area contributed by atoms with E-state index in [4.69, 9.17) is 16.1 Å². The molecule has 1 atom stereocenters. The van der Waals surface area contributed by atoms with Crippen molar-refractivity contribution in [2.45, 2.75) is 25.8 Å². The van der Waals surface area contributed by atoms with E-state index in [-0.39, 0.29) is 12.1 Å². The van der Waals surface area contributed by atoms with Crippen molar-refractivity contribution in [3.05, 3.63) is 65.0 Å². The highest BCUT2D eigenvalue weighted by molar-refractivity contribution is 6.30. The summed E-state index contributed by atoms with van der Waals surface area (Å²) >= 11 is 5.99. The number of halogens is 1. The first-order valence-electron chi connectivity index (χ1n) is 8.84. The van der Waals surface area contributed by atoms with Gasteiger partial charge in [0.05, 0.1) is 0 Å². The second kappa shape index (κ2) is 7.40. The molecule has 1 aliphatic heterocycles. The molecule has 0 unspecified atom stereocenters. The van der Waals surface area contributed by atoms with Gasteiger partial charge in [-0.15, -0.1) is 0 Å². The quantitative estimate of drug-likeness (QED) is 0.686. The van der Waals surface area contributed by atoms with Gasteiger partial charge in [-0.25, -0.2) is 4.79 Å². The Morgan fingerprint density at radius 3 is 2.85 bits per heavy atom. The fourth-order valence-corrected chi connectivity index (χ4v) is 3.41. The summed E-state index contributed by atoms with van der Waals surface area (Å²) in [6.07, 6.45) is 1.67. The van der Waals surface area contributed by atoms with Crippen LogP contribution in [-0.4, -0.2) is 27.6 Å². The Balaban J connectivity index is 1.51. The summed E-state index contributed by atoms with van der Waals surface area (Å²) in [7, 11) is 0. The average Bonchev–Trinajstić information content (AvgIpc) is 3.31. The van der Waals surface area contributed by atoms with E-state index in [2.05, 4.69) is 15.5 Å². The highest BCUT2D eigenvalue weighted by atomic mass is 35.5. The normalized spacial score (nSPS) is 16.5. The Kier molecular flexibility index (Phi) is 4.81. The van der Waals surface area contributed by atoms with Gasteiger partial charge in [0.15, 0.2) is 0 Å². The molecule has 0 bridgehead atoms. The zero-order chi connectivity index (χ0) is 18.8. The van der Waals surface area contributed by atoms with Gasteiger partial charge >= 0.3 is 6.03 Å². The molecule has 0 radical (unpaired) electrons. The first kappa shape index (κ1) is 17.5. The van der Waals surface area contributed by atoms with Crippen molar-refractivity contribution in [1.82, 2.24) is 15.0 Å². The number of carbonyl (C=O) groups excluding carboxylic acids is 1. The van der Waals surface area contributed by atoms with Gasteiger partial charge in [0, 0.05) is 22.8 Å². The number of benzene rings is 2. The number of likely N-dealkylation sites (tertiary alicyclic amines) is 1. The molecule has 2 heterocycles. The van der Waals surface area contributed by atoms with Crippen molar-refractivity contribution < 1.29 is 9.32 Å². The Morgan fingerprint density at radius 2 is 2.07 bits per heavy atom. The number of aryl methyl sites for hydroxylation is 1. The summed E-state index contributed by atoms with van der Waals surface area (Å²) in [5.41, 5.74) is 2.72. The van der Waals surface area contributed by atoms with E-state index in [1.54, 1.807) is 29.2 Å². The lowest BCUT2D eigenvalue weighted by Gasteiger charge is -2.22. The first-order chi connectivity index (χ1) is 13.1. The number of carbonyl (C=O) groups is 1. The van der Waals surface area contributed by atoms with Crippen LogP contribution in [0.5, 0.6) is 0 Å². The summed E-state index contributed by atoms with van der Waals surface area (Å²) in [4.78, 5) is 19.0. The average molecular weight is 383 g/mol. The lowest BCUT2D eigenvalue weighted by atomic mass is 10.1. The third kappa shape index (κ3) is 3.80. The lowest BCUT2D eigenvalue weighted by Crippen LogP contribution is -2.34. The van der Waals surface area contributed by atoms with E-state index in [9.17, 15) is 4.79 Å². The second-order valence-electron chi connectivity index (χ2n) is 6.61. The smallest absolute Gasteiger partial charge is 0.322 e. The predicted molar refractivity (Wildman–Crippen MR) is 104 cm³/mol. The maximum atomic E-state index is 12.7. The molecular weight excluding hydrogens is 364 g/mol. The number of anilines is 1. The molecule has 2 amide bonds. The molecule has 1 saturated heterocycles. The predicted octanol–water partition coefficient (Wildman–Crippen LogP) is 5.07. The Bertz CT molecular complexity index is 955. The zero-order valence-corrected chi connectivity index (χ0v) is 15.6. The molecule has 6 nitrogen and oxygen atoms in total. The minimum atomic E-state index is -0.226. The van der Waals surface area contributed by atoms with Crippen molar-refractivity contribution in [2.24, 2.45) is 0 Å². The topological polar surface area (TPSA) is 71.3 Å². The molecule has 3 aromatic rings. The molecule has 1 aliphatic rings.